The van der Waals surface area contributed by atoms with Gasteiger partial charge in [-0.3, -0.25) is 0 Å². The van der Waals surface area contributed by atoms with Crippen molar-refractivity contribution in [1.29, 1.82) is 0 Å². The molecule has 0 bridgehead atoms. The lowest BCUT2D eigenvalue weighted by molar-refractivity contribution is 0.411. The number of benzene rings is 3. The highest BCUT2D eigenvalue weighted by Gasteiger charge is 2.15. The van der Waals surface area contributed by atoms with Crippen LogP contribution in [-0.4, -0.2) is 14.2 Å². The van der Waals surface area contributed by atoms with Crippen molar-refractivity contribution in [3.05, 3.63) is 70.8 Å². The lowest BCUT2D eigenvalue weighted by Gasteiger charge is -2.18. The van der Waals surface area contributed by atoms with Gasteiger partial charge in [-0.1, -0.05) is 25.5 Å². The topological polar surface area (TPSA) is 18.5 Å². The van der Waals surface area contributed by atoms with Gasteiger partial charge >= 0.3 is 0 Å². The molecule has 3 rings (SSSR count). The third-order valence-corrected chi connectivity index (χ3v) is 5.38. The molecule has 3 aromatic rings. The molecule has 0 aliphatic carbocycles. The summed E-state index contributed by atoms with van der Waals surface area (Å²) in [7, 11) is 3.43. The van der Waals surface area contributed by atoms with Crippen LogP contribution in [0.2, 0.25) is 0 Å². The molecule has 0 N–H and O–H groups in total. The second kappa shape index (κ2) is 8.52. The van der Waals surface area contributed by atoms with Gasteiger partial charge in [0.1, 0.15) is 11.5 Å². The van der Waals surface area contributed by atoms with Gasteiger partial charge in [0.2, 0.25) is 0 Å². The summed E-state index contributed by atoms with van der Waals surface area (Å²) in [5, 5.41) is 0. The molecule has 0 spiro atoms. The van der Waals surface area contributed by atoms with E-state index >= 15 is 0 Å². The quantitative estimate of drug-likeness (QED) is 0.478. The summed E-state index contributed by atoms with van der Waals surface area (Å²) in [5.74, 6) is 1.83. The Morgan fingerprint density at radius 1 is 0.821 bits per heavy atom. The van der Waals surface area contributed by atoms with E-state index < -0.39 is 0 Å². The third-order valence-electron chi connectivity index (χ3n) is 5.38. The summed E-state index contributed by atoms with van der Waals surface area (Å²) >= 11 is 0. The first-order chi connectivity index (χ1) is 13.5. The Morgan fingerprint density at radius 3 is 1.93 bits per heavy atom. The summed E-state index contributed by atoms with van der Waals surface area (Å²) in [6.07, 6.45) is 2.15. The standard InChI is InChI=1S/C26H29O2/c1-7-8-20-9-12-23(21-10-13-24(27-5)17(2)15-21)26(19(20)4)22-11-14-25(28-6)18(3)16-22/h10-16H,7-8H2,1-6H3. The Kier molecular flexibility index (Phi) is 6.08. The van der Waals surface area contributed by atoms with E-state index in [1.807, 2.05) is 6.07 Å². The fourth-order valence-corrected chi connectivity index (χ4v) is 3.88. The minimum atomic E-state index is 0.911. The minimum absolute atomic E-state index is 0.911. The van der Waals surface area contributed by atoms with Crippen LogP contribution in [0.4, 0.5) is 0 Å². The molecule has 1 radical (unpaired) electrons. The van der Waals surface area contributed by atoms with Crippen molar-refractivity contribution in [2.75, 3.05) is 14.2 Å². The zero-order valence-electron chi connectivity index (χ0n) is 17.8. The molecule has 2 nitrogen and oxygen atoms in total. The van der Waals surface area contributed by atoms with Crippen molar-refractivity contribution in [1.82, 2.24) is 0 Å². The third kappa shape index (κ3) is 3.77. The molecule has 0 aliphatic heterocycles. The predicted molar refractivity (Wildman–Crippen MR) is 117 cm³/mol. The lowest BCUT2D eigenvalue weighted by Crippen LogP contribution is -1.98. The SMILES string of the molecule is CCCc1[c]cc(-c2ccc(OC)c(C)c2)c(-c2ccc(OC)c(C)c2)c1C. The van der Waals surface area contributed by atoms with Crippen LogP contribution in [0.15, 0.2) is 42.5 Å². The maximum atomic E-state index is 5.46. The van der Waals surface area contributed by atoms with Crippen molar-refractivity contribution in [2.45, 2.75) is 40.5 Å². The first kappa shape index (κ1) is 20.0. The largest absolute Gasteiger partial charge is 0.496 e. The van der Waals surface area contributed by atoms with Crippen LogP contribution in [-0.2, 0) is 6.42 Å². The molecular formula is C26H29O2. The lowest BCUT2D eigenvalue weighted by atomic mass is 9.86. The second-order valence-electron chi connectivity index (χ2n) is 7.30. The van der Waals surface area contributed by atoms with Gasteiger partial charge in [-0.05, 0) is 108 Å². The minimum Gasteiger partial charge on any atom is -0.496 e. The summed E-state index contributed by atoms with van der Waals surface area (Å²) in [5.41, 5.74) is 9.74. The predicted octanol–water partition coefficient (Wildman–Crippen LogP) is 6.72. The van der Waals surface area contributed by atoms with Gasteiger partial charge in [0, 0.05) is 0 Å². The van der Waals surface area contributed by atoms with Gasteiger partial charge in [-0.15, -0.1) is 0 Å². The molecule has 0 saturated heterocycles. The highest BCUT2D eigenvalue weighted by atomic mass is 16.5. The average Bonchev–Trinajstić information content (AvgIpc) is 2.69. The van der Waals surface area contributed by atoms with Gasteiger partial charge < -0.3 is 9.47 Å². The number of ether oxygens (including phenoxy) is 2. The fraction of sp³-hybridized carbons (Fsp3) is 0.308. The number of hydrogen-bond donors (Lipinski definition) is 0. The molecule has 2 heteroatoms. The molecule has 3 aromatic carbocycles. The normalized spacial score (nSPS) is 10.8. The second-order valence-corrected chi connectivity index (χ2v) is 7.30. The van der Waals surface area contributed by atoms with Crippen molar-refractivity contribution in [3.63, 3.8) is 0 Å². The van der Waals surface area contributed by atoms with Crippen LogP contribution in [0.3, 0.4) is 0 Å². The maximum absolute atomic E-state index is 5.46. The monoisotopic (exact) mass is 373 g/mol. The number of hydrogen-bond acceptors (Lipinski definition) is 2. The number of aryl methyl sites for hydroxylation is 3. The Bertz CT molecular complexity index is 986. The molecule has 0 atom stereocenters. The molecular weight excluding hydrogens is 344 g/mol. The molecule has 0 saturated carbocycles. The Balaban J connectivity index is 2.24. The van der Waals surface area contributed by atoms with E-state index in [2.05, 4.69) is 70.2 Å². The Morgan fingerprint density at radius 2 is 1.39 bits per heavy atom. The van der Waals surface area contributed by atoms with Crippen LogP contribution in [0.1, 0.15) is 35.6 Å². The van der Waals surface area contributed by atoms with Crippen LogP contribution < -0.4 is 9.47 Å². The molecule has 0 amide bonds. The van der Waals surface area contributed by atoms with Crippen molar-refractivity contribution < 1.29 is 9.47 Å². The Hall–Kier alpha value is -2.74. The summed E-state index contributed by atoms with van der Waals surface area (Å²) in [4.78, 5) is 0. The van der Waals surface area contributed by atoms with Crippen molar-refractivity contribution >= 4 is 0 Å². The maximum Gasteiger partial charge on any atom is 0.121 e. The van der Waals surface area contributed by atoms with Gasteiger partial charge in [-0.25, -0.2) is 0 Å². The van der Waals surface area contributed by atoms with Crippen molar-refractivity contribution in [3.8, 4) is 33.8 Å². The van der Waals surface area contributed by atoms with Crippen LogP contribution >= 0.6 is 0 Å². The summed E-state index contributed by atoms with van der Waals surface area (Å²) in [6, 6.07) is 18.5. The number of methoxy groups -OCH3 is 2. The molecule has 0 fully saturated rings. The first-order valence-corrected chi connectivity index (χ1v) is 9.84. The molecule has 28 heavy (non-hydrogen) atoms. The van der Waals surface area contributed by atoms with Gasteiger partial charge in [0.05, 0.1) is 14.2 Å². The van der Waals surface area contributed by atoms with E-state index in [1.54, 1.807) is 14.2 Å². The zero-order chi connectivity index (χ0) is 20.3. The highest BCUT2D eigenvalue weighted by Crippen LogP contribution is 2.39. The van der Waals surface area contributed by atoms with Crippen molar-refractivity contribution in [2.24, 2.45) is 0 Å². The van der Waals surface area contributed by atoms with Gasteiger partial charge in [-0.2, -0.15) is 0 Å². The van der Waals surface area contributed by atoms with E-state index in [9.17, 15) is 0 Å². The van der Waals surface area contributed by atoms with Gasteiger partial charge in [0.25, 0.3) is 0 Å². The molecule has 0 aliphatic rings. The molecule has 0 aromatic heterocycles. The first-order valence-electron chi connectivity index (χ1n) is 9.84. The number of rotatable bonds is 6. The molecule has 0 unspecified atom stereocenters. The molecule has 145 valence electrons. The zero-order valence-corrected chi connectivity index (χ0v) is 17.8. The van der Waals surface area contributed by atoms with E-state index in [0.717, 1.165) is 35.5 Å². The highest BCUT2D eigenvalue weighted by molar-refractivity contribution is 5.87. The van der Waals surface area contributed by atoms with E-state index in [1.165, 1.54) is 33.4 Å². The molecule has 0 heterocycles. The van der Waals surface area contributed by atoms with Gasteiger partial charge in [0.15, 0.2) is 0 Å². The van der Waals surface area contributed by atoms with Crippen LogP contribution in [0.25, 0.3) is 22.3 Å². The Labute approximate surface area is 169 Å². The smallest absolute Gasteiger partial charge is 0.121 e. The average molecular weight is 374 g/mol. The fourth-order valence-electron chi connectivity index (χ4n) is 3.88. The summed E-state index contributed by atoms with van der Waals surface area (Å²) < 4.78 is 10.9. The van der Waals surface area contributed by atoms with E-state index in [0.29, 0.717) is 0 Å². The van der Waals surface area contributed by atoms with E-state index in [4.69, 9.17) is 9.47 Å². The summed E-state index contributed by atoms with van der Waals surface area (Å²) in [6.45, 7) is 8.61. The van der Waals surface area contributed by atoms with E-state index in [-0.39, 0.29) is 0 Å². The van der Waals surface area contributed by atoms with Crippen LogP contribution in [0, 0.1) is 26.8 Å². The van der Waals surface area contributed by atoms with Crippen LogP contribution in [0.5, 0.6) is 11.5 Å².